The molecule has 0 aliphatic carbocycles. The van der Waals surface area contributed by atoms with Gasteiger partial charge in [-0.15, -0.1) is 0 Å². The molecule has 0 bridgehead atoms. The first-order chi connectivity index (χ1) is 8.19. The van der Waals surface area contributed by atoms with E-state index in [0.29, 0.717) is 19.0 Å². The highest BCUT2D eigenvalue weighted by atomic mass is 19.1. The lowest BCUT2D eigenvalue weighted by molar-refractivity contribution is 0.145. The molecule has 17 heavy (non-hydrogen) atoms. The van der Waals surface area contributed by atoms with Crippen LogP contribution in [-0.4, -0.2) is 26.9 Å². The molecule has 0 aliphatic rings. The number of ether oxygens (including phenoxy) is 2. The molecule has 1 aromatic carbocycles. The van der Waals surface area contributed by atoms with Crippen LogP contribution in [0, 0.1) is 5.82 Å². The summed E-state index contributed by atoms with van der Waals surface area (Å²) in [6, 6.07) is 4.76. The van der Waals surface area contributed by atoms with Crippen molar-refractivity contribution in [3.63, 3.8) is 0 Å². The Labute approximate surface area is 102 Å². The topological polar surface area (TPSA) is 30.5 Å². The van der Waals surface area contributed by atoms with Crippen LogP contribution in [0.2, 0.25) is 0 Å². The van der Waals surface area contributed by atoms with Gasteiger partial charge in [0, 0.05) is 24.8 Å². The van der Waals surface area contributed by atoms with Crippen molar-refractivity contribution in [2.45, 2.75) is 19.9 Å². The summed E-state index contributed by atoms with van der Waals surface area (Å²) in [6.07, 6.45) is 0. The van der Waals surface area contributed by atoms with Crippen LogP contribution >= 0.6 is 0 Å². The third kappa shape index (κ3) is 4.32. The number of halogens is 1. The standard InChI is InChI=1S/C13H20FNO2/c1-4-15-10(2)12-6-5-11(14)9-13(12)17-8-7-16-3/h5-6,9-10,15H,4,7-8H2,1-3H3. The van der Waals surface area contributed by atoms with Gasteiger partial charge >= 0.3 is 0 Å². The lowest BCUT2D eigenvalue weighted by Crippen LogP contribution is -2.19. The van der Waals surface area contributed by atoms with E-state index >= 15 is 0 Å². The Balaban J connectivity index is 2.79. The van der Waals surface area contributed by atoms with Crippen molar-refractivity contribution >= 4 is 0 Å². The molecule has 0 aromatic heterocycles. The molecule has 1 N–H and O–H groups in total. The van der Waals surface area contributed by atoms with E-state index in [2.05, 4.69) is 5.32 Å². The number of hydrogen-bond donors (Lipinski definition) is 1. The van der Waals surface area contributed by atoms with Gasteiger partial charge in [-0.05, 0) is 19.5 Å². The van der Waals surface area contributed by atoms with Gasteiger partial charge in [0.1, 0.15) is 18.2 Å². The van der Waals surface area contributed by atoms with E-state index in [9.17, 15) is 4.39 Å². The zero-order chi connectivity index (χ0) is 12.7. The normalized spacial score (nSPS) is 12.5. The van der Waals surface area contributed by atoms with Crippen molar-refractivity contribution in [1.29, 1.82) is 0 Å². The predicted molar refractivity (Wildman–Crippen MR) is 65.9 cm³/mol. The smallest absolute Gasteiger partial charge is 0.127 e. The summed E-state index contributed by atoms with van der Waals surface area (Å²) in [7, 11) is 1.61. The van der Waals surface area contributed by atoms with E-state index in [0.717, 1.165) is 12.1 Å². The molecule has 4 heteroatoms. The van der Waals surface area contributed by atoms with E-state index in [-0.39, 0.29) is 11.9 Å². The minimum absolute atomic E-state index is 0.137. The first-order valence-corrected chi connectivity index (χ1v) is 5.83. The van der Waals surface area contributed by atoms with Gasteiger partial charge in [-0.3, -0.25) is 0 Å². The molecule has 3 nitrogen and oxygen atoms in total. The minimum atomic E-state index is -0.287. The van der Waals surface area contributed by atoms with Gasteiger partial charge in [-0.2, -0.15) is 0 Å². The summed E-state index contributed by atoms with van der Waals surface area (Å²) in [5.41, 5.74) is 0.962. The van der Waals surface area contributed by atoms with Crippen molar-refractivity contribution in [2.24, 2.45) is 0 Å². The van der Waals surface area contributed by atoms with Crippen molar-refractivity contribution in [1.82, 2.24) is 5.32 Å². The third-order valence-electron chi connectivity index (χ3n) is 2.50. The highest BCUT2D eigenvalue weighted by Crippen LogP contribution is 2.26. The predicted octanol–water partition coefficient (Wildman–Crippen LogP) is 2.52. The first kappa shape index (κ1) is 13.9. The number of hydrogen-bond acceptors (Lipinski definition) is 3. The molecule has 0 radical (unpaired) electrons. The van der Waals surface area contributed by atoms with Gasteiger partial charge in [-0.1, -0.05) is 13.0 Å². The van der Waals surface area contributed by atoms with E-state index in [1.807, 2.05) is 13.8 Å². The van der Waals surface area contributed by atoms with Gasteiger partial charge in [0.15, 0.2) is 0 Å². The first-order valence-electron chi connectivity index (χ1n) is 5.83. The molecule has 0 amide bonds. The lowest BCUT2D eigenvalue weighted by Gasteiger charge is -2.17. The van der Waals surface area contributed by atoms with Crippen LogP contribution in [0.4, 0.5) is 4.39 Å². The Morgan fingerprint density at radius 2 is 2.12 bits per heavy atom. The van der Waals surface area contributed by atoms with E-state index in [4.69, 9.17) is 9.47 Å². The Kier molecular flexibility index (Phi) is 5.94. The largest absolute Gasteiger partial charge is 0.491 e. The molecule has 0 heterocycles. The van der Waals surface area contributed by atoms with Gasteiger partial charge in [0.25, 0.3) is 0 Å². The van der Waals surface area contributed by atoms with Crippen molar-refractivity contribution in [2.75, 3.05) is 26.9 Å². The van der Waals surface area contributed by atoms with Crippen LogP contribution in [0.1, 0.15) is 25.5 Å². The summed E-state index contributed by atoms with van der Waals surface area (Å²) in [5, 5.41) is 3.28. The molecule has 96 valence electrons. The second-order valence-electron chi connectivity index (χ2n) is 3.80. The van der Waals surface area contributed by atoms with Gasteiger partial charge in [0.05, 0.1) is 6.61 Å². The van der Waals surface area contributed by atoms with E-state index in [1.165, 1.54) is 12.1 Å². The second kappa shape index (κ2) is 7.25. The van der Waals surface area contributed by atoms with Crippen molar-refractivity contribution in [3.05, 3.63) is 29.6 Å². The fourth-order valence-electron chi connectivity index (χ4n) is 1.64. The molecular weight excluding hydrogens is 221 g/mol. The maximum Gasteiger partial charge on any atom is 0.127 e. The Bertz CT molecular complexity index is 344. The van der Waals surface area contributed by atoms with Crippen LogP contribution in [0.5, 0.6) is 5.75 Å². The SMILES string of the molecule is CCNC(C)c1ccc(F)cc1OCCOC. The zero-order valence-electron chi connectivity index (χ0n) is 10.6. The van der Waals surface area contributed by atoms with Crippen LogP contribution < -0.4 is 10.1 Å². The Morgan fingerprint density at radius 1 is 1.35 bits per heavy atom. The summed E-state index contributed by atoms with van der Waals surface area (Å²) in [6.45, 7) is 5.83. The van der Waals surface area contributed by atoms with E-state index < -0.39 is 0 Å². The van der Waals surface area contributed by atoms with E-state index in [1.54, 1.807) is 13.2 Å². The minimum Gasteiger partial charge on any atom is -0.491 e. The summed E-state index contributed by atoms with van der Waals surface area (Å²) >= 11 is 0. The molecule has 1 rings (SSSR count). The van der Waals surface area contributed by atoms with Crippen LogP contribution in [0.25, 0.3) is 0 Å². The molecule has 0 saturated heterocycles. The third-order valence-corrected chi connectivity index (χ3v) is 2.50. The van der Waals surface area contributed by atoms with Crippen molar-refractivity contribution < 1.29 is 13.9 Å². The van der Waals surface area contributed by atoms with Crippen molar-refractivity contribution in [3.8, 4) is 5.75 Å². The fourth-order valence-corrected chi connectivity index (χ4v) is 1.64. The van der Waals surface area contributed by atoms with Crippen LogP contribution in [0.3, 0.4) is 0 Å². The summed E-state index contributed by atoms with van der Waals surface area (Å²) in [5.74, 6) is 0.292. The maximum atomic E-state index is 13.2. The quantitative estimate of drug-likeness (QED) is 0.744. The molecule has 0 spiro atoms. The molecule has 1 unspecified atom stereocenters. The monoisotopic (exact) mass is 241 g/mol. The highest BCUT2D eigenvalue weighted by Gasteiger charge is 2.11. The molecular formula is C13H20FNO2. The zero-order valence-corrected chi connectivity index (χ0v) is 10.6. The summed E-state index contributed by atoms with van der Waals surface area (Å²) < 4.78 is 23.6. The van der Waals surface area contributed by atoms with Gasteiger partial charge in [-0.25, -0.2) is 4.39 Å². The van der Waals surface area contributed by atoms with Crippen LogP contribution in [-0.2, 0) is 4.74 Å². The average molecular weight is 241 g/mol. The number of nitrogens with one attached hydrogen (secondary N) is 1. The number of benzene rings is 1. The molecule has 0 saturated carbocycles. The number of methoxy groups -OCH3 is 1. The Morgan fingerprint density at radius 3 is 2.76 bits per heavy atom. The highest BCUT2D eigenvalue weighted by molar-refractivity contribution is 5.36. The molecule has 0 fully saturated rings. The van der Waals surface area contributed by atoms with Crippen LogP contribution in [0.15, 0.2) is 18.2 Å². The fraction of sp³-hybridized carbons (Fsp3) is 0.538. The lowest BCUT2D eigenvalue weighted by atomic mass is 10.1. The Hall–Kier alpha value is -1.13. The number of rotatable bonds is 7. The molecule has 1 atom stereocenters. The van der Waals surface area contributed by atoms with Gasteiger partial charge < -0.3 is 14.8 Å². The molecule has 1 aromatic rings. The summed E-state index contributed by atoms with van der Waals surface area (Å²) in [4.78, 5) is 0. The molecule has 0 aliphatic heterocycles. The van der Waals surface area contributed by atoms with Gasteiger partial charge in [0.2, 0.25) is 0 Å². The average Bonchev–Trinajstić information content (AvgIpc) is 2.30. The second-order valence-corrected chi connectivity index (χ2v) is 3.80. The maximum absolute atomic E-state index is 13.2.